The van der Waals surface area contributed by atoms with Gasteiger partial charge in [-0.2, -0.15) is 0 Å². The Balaban J connectivity index is 1.62. The number of hydrogen-bond acceptors (Lipinski definition) is 5. The van der Waals surface area contributed by atoms with Gasteiger partial charge in [0.2, 0.25) is 0 Å². The van der Waals surface area contributed by atoms with Gasteiger partial charge < -0.3 is 14.6 Å². The molecule has 146 valence electrons. The number of phenols is 1. The number of esters is 1. The molecule has 2 heterocycles. The van der Waals surface area contributed by atoms with E-state index in [0.717, 1.165) is 48.4 Å². The molecular weight excluding hydrogens is 354 g/mol. The molecule has 0 atom stereocenters. The standard InChI is InChI=1S/C23H25NO4/c1-2-27-22(26)16-24-13-11-23(12-14-24)20(17-7-9-19(25)10-8-17)15-18-5-3-4-6-21(18)28-23/h3-10,15,25H,2,11-14,16H2,1H3. The van der Waals surface area contributed by atoms with E-state index in [1.807, 2.05) is 37.3 Å². The predicted octanol–water partition coefficient (Wildman–Crippen LogP) is 3.72. The fourth-order valence-corrected chi connectivity index (χ4v) is 4.07. The SMILES string of the molecule is CCOC(=O)CN1CCC2(CC1)Oc1ccccc1C=C2c1ccc(O)cc1. The maximum absolute atomic E-state index is 11.8. The van der Waals surface area contributed by atoms with E-state index < -0.39 is 5.60 Å². The number of piperidine rings is 1. The second-order valence-corrected chi connectivity index (χ2v) is 7.32. The Labute approximate surface area is 165 Å². The number of carbonyl (C=O) groups is 1. The molecule has 1 fully saturated rings. The maximum atomic E-state index is 11.8. The molecule has 0 saturated carbocycles. The van der Waals surface area contributed by atoms with E-state index in [2.05, 4.69) is 17.0 Å². The molecule has 5 nitrogen and oxygen atoms in total. The van der Waals surface area contributed by atoms with Gasteiger partial charge in [0.15, 0.2) is 0 Å². The van der Waals surface area contributed by atoms with E-state index in [-0.39, 0.29) is 11.7 Å². The normalized spacial score (nSPS) is 18.1. The summed E-state index contributed by atoms with van der Waals surface area (Å²) in [5.41, 5.74) is 2.80. The number of para-hydroxylation sites is 1. The lowest BCUT2D eigenvalue weighted by atomic mass is 9.78. The molecule has 1 N–H and O–H groups in total. The summed E-state index contributed by atoms with van der Waals surface area (Å²) in [5, 5.41) is 9.68. The minimum Gasteiger partial charge on any atom is -0.508 e. The number of phenolic OH excluding ortho intramolecular Hbond substituents is 1. The second-order valence-electron chi connectivity index (χ2n) is 7.32. The zero-order valence-corrected chi connectivity index (χ0v) is 16.1. The predicted molar refractivity (Wildman–Crippen MR) is 108 cm³/mol. The molecule has 5 heteroatoms. The molecule has 0 radical (unpaired) electrons. The Bertz CT molecular complexity index is 880. The van der Waals surface area contributed by atoms with E-state index in [9.17, 15) is 9.90 Å². The Morgan fingerprint density at radius 3 is 2.57 bits per heavy atom. The average molecular weight is 379 g/mol. The van der Waals surface area contributed by atoms with Crippen molar-refractivity contribution in [2.45, 2.75) is 25.4 Å². The highest BCUT2D eigenvalue weighted by molar-refractivity contribution is 5.89. The molecule has 0 aliphatic carbocycles. The highest BCUT2D eigenvalue weighted by Gasteiger charge is 2.43. The number of carbonyl (C=O) groups excluding carboxylic acids is 1. The third-order valence-corrected chi connectivity index (χ3v) is 5.52. The van der Waals surface area contributed by atoms with Gasteiger partial charge in [-0.15, -0.1) is 0 Å². The van der Waals surface area contributed by atoms with Gasteiger partial charge in [0.25, 0.3) is 0 Å². The molecule has 1 saturated heterocycles. The van der Waals surface area contributed by atoms with Gasteiger partial charge in [0.05, 0.1) is 13.2 Å². The summed E-state index contributed by atoms with van der Waals surface area (Å²) in [7, 11) is 0. The van der Waals surface area contributed by atoms with Crippen LogP contribution in [-0.4, -0.2) is 47.8 Å². The third-order valence-electron chi connectivity index (χ3n) is 5.52. The number of hydrogen-bond donors (Lipinski definition) is 1. The summed E-state index contributed by atoms with van der Waals surface area (Å²) < 4.78 is 11.7. The molecule has 2 aliphatic rings. The number of ether oxygens (including phenoxy) is 2. The van der Waals surface area contributed by atoms with E-state index >= 15 is 0 Å². The summed E-state index contributed by atoms with van der Waals surface area (Å²) in [6, 6.07) is 15.3. The number of benzene rings is 2. The highest BCUT2D eigenvalue weighted by Crippen LogP contribution is 2.46. The first-order valence-electron chi connectivity index (χ1n) is 9.77. The number of nitrogens with zero attached hydrogens (tertiary/aromatic N) is 1. The summed E-state index contributed by atoms with van der Waals surface area (Å²) in [6.45, 7) is 4.07. The van der Waals surface area contributed by atoms with E-state index in [1.165, 1.54) is 0 Å². The molecule has 0 amide bonds. The molecule has 1 spiro atoms. The minimum absolute atomic E-state index is 0.178. The number of likely N-dealkylation sites (tertiary alicyclic amines) is 1. The van der Waals surface area contributed by atoms with Crippen LogP contribution in [0.25, 0.3) is 11.6 Å². The first-order chi connectivity index (χ1) is 13.6. The largest absolute Gasteiger partial charge is 0.508 e. The Morgan fingerprint density at radius 2 is 1.86 bits per heavy atom. The van der Waals surface area contributed by atoms with Crippen molar-refractivity contribution in [1.82, 2.24) is 4.90 Å². The zero-order valence-electron chi connectivity index (χ0n) is 16.1. The highest BCUT2D eigenvalue weighted by atomic mass is 16.5. The Hall–Kier alpha value is -2.79. The number of aromatic hydroxyl groups is 1. The maximum Gasteiger partial charge on any atom is 0.320 e. The van der Waals surface area contributed by atoms with Crippen LogP contribution in [0, 0.1) is 0 Å². The summed E-state index contributed by atoms with van der Waals surface area (Å²) >= 11 is 0. The van der Waals surface area contributed by atoms with Crippen LogP contribution in [0.15, 0.2) is 48.5 Å². The fourth-order valence-electron chi connectivity index (χ4n) is 4.07. The van der Waals surface area contributed by atoms with Crippen LogP contribution in [0.2, 0.25) is 0 Å². The van der Waals surface area contributed by atoms with Crippen molar-refractivity contribution in [1.29, 1.82) is 0 Å². The van der Waals surface area contributed by atoms with Crippen LogP contribution in [-0.2, 0) is 9.53 Å². The monoisotopic (exact) mass is 379 g/mol. The second kappa shape index (κ2) is 7.68. The van der Waals surface area contributed by atoms with E-state index in [4.69, 9.17) is 9.47 Å². The van der Waals surface area contributed by atoms with Crippen molar-refractivity contribution in [3.05, 3.63) is 59.7 Å². The van der Waals surface area contributed by atoms with Crippen LogP contribution in [0.3, 0.4) is 0 Å². The topological polar surface area (TPSA) is 59.0 Å². The Morgan fingerprint density at radius 1 is 1.14 bits per heavy atom. The molecule has 0 bridgehead atoms. The fraction of sp³-hybridized carbons (Fsp3) is 0.348. The van der Waals surface area contributed by atoms with Crippen molar-refractivity contribution < 1.29 is 19.4 Å². The van der Waals surface area contributed by atoms with Gasteiger partial charge in [0.1, 0.15) is 17.1 Å². The van der Waals surface area contributed by atoms with Crippen molar-refractivity contribution in [2.24, 2.45) is 0 Å². The van der Waals surface area contributed by atoms with Gasteiger partial charge in [-0.1, -0.05) is 30.3 Å². The zero-order chi connectivity index (χ0) is 19.6. The number of rotatable bonds is 4. The van der Waals surface area contributed by atoms with Crippen LogP contribution < -0.4 is 4.74 Å². The van der Waals surface area contributed by atoms with Crippen LogP contribution >= 0.6 is 0 Å². The van der Waals surface area contributed by atoms with E-state index in [1.54, 1.807) is 12.1 Å². The molecular formula is C23H25NO4. The van der Waals surface area contributed by atoms with Crippen LogP contribution in [0.1, 0.15) is 30.9 Å². The lowest BCUT2D eigenvalue weighted by Crippen LogP contribution is -2.50. The summed E-state index contributed by atoms with van der Waals surface area (Å²) in [4.78, 5) is 14.0. The van der Waals surface area contributed by atoms with Crippen molar-refractivity contribution in [3.63, 3.8) is 0 Å². The van der Waals surface area contributed by atoms with Crippen LogP contribution in [0.4, 0.5) is 0 Å². The molecule has 0 aromatic heterocycles. The van der Waals surface area contributed by atoms with Gasteiger partial charge in [0, 0.05) is 37.1 Å². The molecule has 28 heavy (non-hydrogen) atoms. The quantitative estimate of drug-likeness (QED) is 0.821. The molecule has 2 aliphatic heterocycles. The molecule has 0 unspecified atom stereocenters. The summed E-state index contributed by atoms with van der Waals surface area (Å²) in [5.74, 6) is 0.964. The first-order valence-corrected chi connectivity index (χ1v) is 9.77. The van der Waals surface area contributed by atoms with Gasteiger partial charge in [-0.05, 0) is 36.8 Å². The molecule has 2 aromatic rings. The van der Waals surface area contributed by atoms with E-state index in [0.29, 0.717) is 13.2 Å². The Kier molecular flexibility index (Phi) is 5.09. The van der Waals surface area contributed by atoms with Crippen molar-refractivity contribution >= 4 is 17.6 Å². The number of fused-ring (bicyclic) bond motifs is 1. The van der Waals surface area contributed by atoms with Gasteiger partial charge in [-0.25, -0.2) is 0 Å². The van der Waals surface area contributed by atoms with Crippen molar-refractivity contribution in [2.75, 3.05) is 26.2 Å². The molecule has 2 aromatic carbocycles. The smallest absolute Gasteiger partial charge is 0.320 e. The first kappa shape index (κ1) is 18.6. The van der Waals surface area contributed by atoms with Crippen LogP contribution in [0.5, 0.6) is 11.5 Å². The lowest BCUT2D eigenvalue weighted by Gasteiger charge is -2.45. The summed E-state index contributed by atoms with van der Waals surface area (Å²) in [6.07, 6.45) is 3.77. The lowest BCUT2D eigenvalue weighted by molar-refractivity contribution is -0.145. The average Bonchev–Trinajstić information content (AvgIpc) is 2.70. The van der Waals surface area contributed by atoms with Gasteiger partial charge >= 0.3 is 5.97 Å². The minimum atomic E-state index is -0.434. The van der Waals surface area contributed by atoms with Crippen molar-refractivity contribution in [3.8, 4) is 11.5 Å². The van der Waals surface area contributed by atoms with Gasteiger partial charge in [-0.3, -0.25) is 9.69 Å². The molecule has 4 rings (SSSR count). The third kappa shape index (κ3) is 3.62.